The van der Waals surface area contributed by atoms with Crippen molar-refractivity contribution in [2.75, 3.05) is 6.61 Å². The molecule has 2 heterocycles. The van der Waals surface area contributed by atoms with Gasteiger partial charge in [0.2, 0.25) is 0 Å². The van der Waals surface area contributed by atoms with Crippen molar-refractivity contribution in [2.45, 2.75) is 19.6 Å². The Balaban J connectivity index is 1.82. The minimum atomic E-state index is -0.192. The number of aromatic amines is 1. The van der Waals surface area contributed by atoms with E-state index in [-0.39, 0.29) is 25.2 Å². The fourth-order valence-electron chi connectivity index (χ4n) is 2.36. The lowest BCUT2D eigenvalue weighted by Crippen LogP contribution is -2.24. The lowest BCUT2D eigenvalue weighted by atomic mass is 10.1. The van der Waals surface area contributed by atoms with E-state index in [0.717, 1.165) is 5.56 Å². The number of aliphatic hydroxyl groups excluding tert-OH is 1. The van der Waals surface area contributed by atoms with Crippen molar-refractivity contribution in [1.82, 2.24) is 14.6 Å². The maximum atomic E-state index is 12.4. The average Bonchev–Trinajstić information content (AvgIpc) is 3.01. The summed E-state index contributed by atoms with van der Waals surface area (Å²) in [7, 11) is 0. The Morgan fingerprint density at radius 3 is 2.77 bits per heavy atom. The summed E-state index contributed by atoms with van der Waals surface area (Å²) in [6.45, 7) is 0.587. The Morgan fingerprint density at radius 1 is 1.18 bits per heavy atom. The first-order valence-corrected chi connectivity index (χ1v) is 7.10. The van der Waals surface area contributed by atoms with Crippen LogP contribution in [-0.2, 0) is 24.4 Å². The van der Waals surface area contributed by atoms with Gasteiger partial charge in [0, 0.05) is 30.9 Å². The molecular formula is C16H17N3O3. The molecule has 6 nitrogen and oxygen atoms in total. The van der Waals surface area contributed by atoms with E-state index in [2.05, 4.69) is 10.1 Å². The van der Waals surface area contributed by atoms with Gasteiger partial charge in [0.1, 0.15) is 0 Å². The molecule has 6 heteroatoms. The largest absolute Gasteiger partial charge is 0.396 e. The van der Waals surface area contributed by atoms with E-state index < -0.39 is 0 Å². The Morgan fingerprint density at radius 2 is 2.00 bits per heavy atom. The highest BCUT2D eigenvalue weighted by molar-refractivity contribution is 5.39. The Bertz CT molecular complexity index is 808. The molecule has 0 fully saturated rings. The molecule has 3 rings (SSSR count). The first kappa shape index (κ1) is 14.5. The zero-order valence-electron chi connectivity index (χ0n) is 12.0. The van der Waals surface area contributed by atoms with E-state index in [1.165, 1.54) is 4.52 Å². The third kappa shape index (κ3) is 2.93. The van der Waals surface area contributed by atoms with Crippen LogP contribution < -0.4 is 5.56 Å². The van der Waals surface area contributed by atoms with Crippen LogP contribution in [0.3, 0.4) is 0 Å². The summed E-state index contributed by atoms with van der Waals surface area (Å²) in [5, 5.41) is 12.0. The van der Waals surface area contributed by atoms with Crippen LogP contribution in [0.25, 0.3) is 5.65 Å². The minimum Gasteiger partial charge on any atom is -0.396 e. The van der Waals surface area contributed by atoms with Crippen LogP contribution in [0.4, 0.5) is 0 Å². The van der Waals surface area contributed by atoms with Crippen molar-refractivity contribution in [2.24, 2.45) is 0 Å². The molecule has 2 N–H and O–H groups in total. The van der Waals surface area contributed by atoms with Crippen LogP contribution in [0.15, 0.2) is 47.4 Å². The van der Waals surface area contributed by atoms with Crippen molar-refractivity contribution in [1.29, 1.82) is 0 Å². The SMILES string of the molecule is O=c1c(CCO)c(COCc2ccccc2)nc2cc[nH]n12. The number of benzene rings is 1. The van der Waals surface area contributed by atoms with Gasteiger partial charge in [-0.25, -0.2) is 9.50 Å². The van der Waals surface area contributed by atoms with Crippen LogP contribution >= 0.6 is 0 Å². The minimum absolute atomic E-state index is 0.102. The maximum absolute atomic E-state index is 12.4. The van der Waals surface area contributed by atoms with Gasteiger partial charge in [-0.1, -0.05) is 30.3 Å². The number of aliphatic hydroxyl groups is 1. The molecule has 1 aromatic carbocycles. The Kier molecular flexibility index (Phi) is 4.32. The van der Waals surface area contributed by atoms with Gasteiger partial charge < -0.3 is 9.84 Å². The molecule has 0 atom stereocenters. The van der Waals surface area contributed by atoms with Gasteiger partial charge in [-0.2, -0.15) is 0 Å². The highest BCUT2D eigenvalue weighted by Gasteiger charge is 2.13. The molecule has 0 saturated carbocycles. The number of H-pyrrole nitrogens is 1. The second-order valence-electron chi connectivity index (χ2n) is 4.95. The van der Waals surface area contributed by atoms with Gasteiger partial charge in [-0.05, 0) is 5.56 Å². The number of aromatic nitrogens is 3. The monoisotopic (exact) mass is 299 g/mol. The smallest absolute Gasteiger partial charge is 0.276 e. The van der Waals surface area contributed by atoms with Crippen LogP contribution in [0.1, 0.15) is 16.8 Å². The summed E-state index contributed by atoms with van der Waals surface area (Å²) in [6, 6.07) is 11.5. The maximum Gasteiger partial charge on any atom is 0.276 e. The summed E-state index contributed by atoms with van der Waals surface area (Å²) < 4.78 is 7.04. The molecule has 0 unspecified atom stereocenters. The Labute approximate surface area is 127 Å². The molecule has 22 heavy (non-hydrogen) atoms. The van der Waals surface area contributed by atoms with Crippen LogP contribution in [0, 0.1) is 0 Å². The van der Waals surface area contributed by atoms with Gasteiger partial charge in [0.15, 0.2) is 5.65 Å². The molecule has 0 saturated heterocycles. The number of hydrogen-bond donors (Lipinski definition) is 2. The molecule has 114 valence electrons. The number of nitrogens with one attached hydrogen (secondary N) is 1. The van der Waals surface area contributed by atoms with Gasteiger partial charge in [0.05, 0.1) is 18.9 Å². The van der Waals surface area contributed by atoms with Crippen molar-refractivity contribution < 1.29 is 9.84 Å². The topological polar surface area (TPSA) is 79.6 Å². The molecular weight excluding hydrogens is 282 g/mol. The third-order valence-corrected chi connectivity index (χ3v) is 3.44. The highest BCUT2D eigenvalue weighted by Crippen LogP contribution is 2.09. The van der Waals surface area contributed by atoms with E-state index in [1.807, 2.05) is 30.3 Å². The van der Waals surface area contributed by atoms with Gasteiger partial charge in [-0.15, -0.1) is 0 Å². The van der Waals surface area contributed by atoms with Crippen LogP contribution in [0.2, 0.25) is 0 Å². The zero-order chi connectivity index (χ0) is 15.4. The van der Waals surface area contributed by atoms with E-state index in [9.17, 15) is 4.79 Å². The quantitative estimate of drug-likeness (QED) is 0.718. The molecule has 2 aromatic heterocycles. The van der Waals surface area contributed by atoms with E-state index in [0.29, 0.717) is 23.5 Å². The van der Waals surface area contributed by atoms with Crippen LogP contribution in [-0.4, -0.2) is 26.3 Å². The second-order valence-corrected chi connectivity index (χ2v) is 4.95. The molecule has 0 aliphatic heterocycles. The molecule has 0 amide bonds. The van der Waals surface area contributed by atoms with Gasteiger partial charge >= 0.3 is 0 Å². The fraction of sp³-hybridized carbons (Fsp3) is 0.250. The highest BCUT2D eigenvalue weighted by atomic mass is 16.5. The van der Waals surface area contributed by atoms with E-state index in [4.69, 9.17) is 9.84 Å². The lowest BCUT2D eigenvalue weighted by molar-refractivity contribution is 0.104. The third-order valence-electron chi connectivity index (χ3n) is 3.44. The number of hydrogen-bond acceptors (Lipinski definition) is 4. The van der Waals surface area contributed by atoms with E-state index >= 15 is 0 Å². The lowest BCUT2D eigenvalue weighted by Gasteiger charge is -2.09. The van der Waals surface area contributed by atoms with Crippen molar-refractivity contribution >= 4 is 5.65 Å². The summed E-state index contributed by atoms with van der Waals surface area (Å²) in [6.07, 6.45) is 1.92. The predicted molar refractivity (Wildman–Crippen MR) is 81.5 cm³/mol. The number of ether oxygens (including phenoxy) is 1. The fourth-order valence-corrected chi connectivity index (χ4v) is 2.36. The molecule has 0 bridgehead atoms. The second kappa shape index (κ2) is 6.55. The molecule has 0 aliphatic rings. The zero-order valence-corrected chi connectivity index (χ0v) is 12.0. The first-order chi connectivity index (χ1) is 10.8. The average molecular weight is 299 g/mol. The van der Waals surface area contributed by atoms with Crippen molar-refractivity contribution in [3.8, 4) is 0 Å². The summed E-state index contributed by atoms with van der Waals surface area (Å²) in [5.74, 6) is 0. The first-order valence-electron chi connectivity index (χ1n) is 7.10. The molecule has 0 radical (unpaired) electrons. The number of nitrogens with zero attached hydrogens (tertiary/aromatic N) is 2. The molecule has 0 spiro atoms. The molecule has 0 aliphatic carbocycles. The number of fused-ring (bicyclic) bond motifs is 1. The van der Waals surface area contributed by atoms with Gasteiger partial charge in [0.25, 0.3) is 5.56 Å². The normalized spacial score (nSPS) is 11.1. The summed E-state index contributed by atoms with van der Waals surface area (Å²) in [4.78, 5) is 16.8. The van der Waals surface area contributed by atoms with Crippen molar-refractivity contribution in [3.63, 3.8) is 0 Å². The van der Waals surface area contributed by atoms with Crippen LogP contribution in [0.5, 0.6) is 0 Å². The standard InChI is InChI=1S/C16H17N3O3/c20-9-7-13-14(11-22-10-12-4-2-1-3-5-12)18-15-6-8-17-19(15)16(13)21/h1-6,8,17,20H,7,9-11H2. The predicted octanol–water partition coefficient (Wildman–Crippen LogP) is 1.27. The van der Waals surface area contributed by atoms with Gasteiger partial charge in [-0.3, -0.25) is 9.89 Å². The summed E-state index contributed by atoms with van der Waals surface area (Å²) in [5.41, 5.74) is 2.48. The summed E-state index contributed by atoms with van der Waals surface area (Å²) >= 11 is 0. The van der Waals surface area contributed by atoms with E-state index in [1.54, 1.807) is 12.3 Å². The molecule has 3 aromatic rings. The number of rotatable bonds is 6. The van der Waals surface area contributed by atoms with Crippen molar-refractivity contribution in [3.05, 3.63) is 69.8 Å². The Hall–Kier alpha value is -2.44.